The molecule has 1 amide bonds. The van der Waals surface area contributed by atoms with E-state index in [4.69, 9.17) is 10.00 Å². The molecule has 0 heterocycles. The summed E-state index contributed by atoms with van der Waals surface area (Å²) in [7, 11) is 3.30. The Kier molecular flexibility index (Phi) is 6.11. The number of hydrogen-bond acceptors (Lipinski definition) is 6. The summed E-state index contributed by atoms with van der Waals surface area (Å²) in [6.07, 6.45) is 0. The maximum absolute atomic E-state index is 11.6. The van der Waals surface area contributed by atoms with E-state index in [0.29, 0.717) is 18.0 Å². The van der Waals surface area contributed by atoms with Crippen LogP contribution in [-0.2, 0) is 11.3 Å². The number of likely N-dealkylation sites (N-methyl/N-ethyl adjacent to an activating group) is 1. The van der Waals surface area contributed by atoms with Gasteiger partial charge in [-0.1, -0.05) is 12.1 Å². The highest BCUT2D eigenvalue weighted by atomic mass is 16.6. The molecule has 1 N–H and O–H groups in total. The molecule has 0 spiro atoms. The number of nitriles is 1. The second-order valence-corrected chi connectivity index (χ2v) is 5.68. The van der Waals surface area contributed by atoms with E-state index in [1.807, 2.05) is 12.1 Å². The zero-order chi connectivity index (χ0) is 19.1. The Morgan fingerprint density at radius 1 is 1.31 bits per heavy atom. The quantitative estimate of drug-likeness (QED) is 0.604. The predicted molar refractivity (Wildman–Crippen MR) is 95.8 cm³/mol. The Balaban J connectivity index is 2.06. The molecule has 0 aliphatic carbocycles. The molecule has 2 aromatic rings. The van der Waals surface area contributed by atoms with E-state index in [-0.39, 0.29) is 23.8 Å². The van der Waals surface area contributed by atoms with Gasteiger partial charge in [0.05, 0.1) is 16.6 Å². The van der Waals surface area contributed by atoms with E-state index >= 15 is 0 Å². The summed E-state index contributed by atoms with van der Waals surface area (Å²) in [5, 5.41) is 23.0. The van der Waals surface area contributed by atoms with Crippen molar-refractivity contribution in [1.82, 2.24) is 4.90 Å². The largest absolute Gasteiger partial charge is 0.484 e. The molecule has 134 valence electrons. The average Bonchev–Trinajstić information content (AvgIpc) is 2.64. The van der Waals surface area contributed by atoms with Crippen molar-refractivity contribution in [3.8, 4) is 11.8 Å². The molecule has 2 aromatic carbocycles. The molecule has 0 aromatic heterocycles. The van der Waals surface area contributed by atoms with E-state index < -0.39 is 4.92 Å². The lowest BCUT2D eigenvalue weighted by Crippen LogP contribution is -2.27. The minimum atomic E-state index is -0.532. The lowest BCUT2D eigenvalue weighted by atomic mass is 10.1. The average molecular weight is 354 g/mol. The van der Waals surface area contributed by atoms with Crippen molar-refractivity contribution in [2.75, 3.05) is 26.0 Å². The molecular weight excluding hydrogens is 336 g/mol. The highest BCUT2D eigenvalue weighted by Crippen LogP contribution is 2.26. The van der Waals surface area contributed by atoms with Crippen LogP contribution in [0.2, 0.25) is 0 Å². The molecule has 0 saturated heterocycles. The van der Waals surface area contributed by atoms with Gasteiger partial charge < -0.3 is 15.0 Å². The highest BCUT2D eigenvalue weighted by molar-refractivity contribution is 5.77. The van der Waals surface area contributed by atoms with Crippen molar-refractivity contribution in [2.24, 2.45) is 0 Å². The van der Waals surface area contributed by atoms with Crippen LogP contribution in [-0.4, -0.2) is 36.4 Å². The molecule has 0 fully saturated rings. The molecular formula is C18H18N4O4. The lowest BCUT2D eigenvalue weighted by Gasteiger charge is -2.12. The van der Waals surface area contributed by atoms with Crippen LogP contribution in [0.3, 0.4) is 0 Å². The Morgan fingerprint density at radius 3 is 2.73 bits per heavy atom. The standard InChI is InChI=1S/C18H18N4O4/c1-21(2)18(23)12-26-15-5-3-4-14(8-15)11-20-16-7-6-13(10-19)9-17(16)22(24)25/h3-9,20H,11-12H2,1-2H3. The summed E-state index contributed by atoms with van der Waals surface area (Å²) >= 11 is 0. The molecule has 0 saturated carbocycles. The van der Waals surface area contributed by atoms with Gasteiger partial charge in [-0.05, 0) is 29.8 Å². The van der Waals surface area contributed by atoms with Crippen molar-refractivity contribution in [3.63, 3.8) is 0 Å². The Morgan fingerprint density at radius 2 is 2.08 bits per heavy atom. The number of nitrogens with zero attached hydrogens (tertiary/aromatic N) is 3. The van der Waals surface area contributed by atoms with Crippen LogP contribution in [0.15, 0.2) is 42.5 Å². The molecule has 8 heteroatoms. The van der Waals surface area contributed by atoms with E-state index in [1.54, 1.807) is 32.3 Å². The van der Waals surface area contributed by atoms with E-state index in [1.165, 1.54) is 23.1 Å². The van der Waals surface area contributed by atoms with Gasteiger partial charge in [-0.15, -0.1) is 0 Å². The van der Waals surface area contributed by atoms with Crippen LogP contribution in [0.25, 0.3) is 0 Å². The zero-order valence-electron chi connectivity index (χ0n) is 14.4. The first-order valence-electron chi connectivity index (χ1n) is 7.75. The Bertz CT molecular complexity index is 859. The number of nitrogens with one attached hydrogen (secondary N) is 1. The number of anilines is 1. The van der Waals surface area contributed by atoms with E-state index in [9.17, 15) is 14.9 Å². The number of amides is 1. The van der Waals surface area contributed by atoms with Gasteiger partial charge in [-0.25, -0.2) is 0 Å². The molecule has 0 aliphatic rings. The third-order valence-corrected chi connectivity index (χ3v) is 3.57. The van der Waals surface area contributed by atoms with Gasteiger partial charge in [0, 0.05) is 26.7 Å². The molecule has 8 nitrogen and oxygen atoms in total. The van der Waals surface area contributed by atoms with Gasteiger partial charge in [-0.2, -0.15) is 5.26 Å². The number of rotatable bonds is 7. The monoisotopic (exact) mass is 354 g/mol. The van der Waals surface area contributed by atoms with Gasteiger partial charge >= 0.3 is 0 Å². The van der Waals surface area contributed by atoms with Crippen LogP contribution >= 0.6 is 0 Å². The minimum Gasteiger partial charge on any atom is -0.484 e. The molecule has 0 atom stereocenters. The molecule has 2 rings (SSSR count). The topological polar surface area (TPSA) is 108 Å². The minimum absolute atomic E-state index is 0.0645. The molecule has 26 heavy (non-hydrogen) atoms. The molecule has 0 aliphatic heterocycles. The van der Waals surface area contributed by atoms with Gasteiger partial charge in [0.1, 0.15) is 11.4 Å². The summed E-state index contributed by atoms with van der Waals surface area (Å²) in [5.41, 5.74) is 1.22. The number of carbonyl (C=O) groups is 1. The summed E-state index contributed by atoms with van der Waals surface area (Å²) in [4.78, 5) is 23.6. The number of benzene rings is 2. The van der Waals surface area contributed by atoms with Gasteiger partial charge in [0.15, 0.2) is 6.61 Å². The number of hydrogen-bond donors (Lipinski definition) is 1. The van der Waals surface area contributed by atoms with Crippen molar-refractivity contribution >= 4 is 17.3 Å². The van der Waals surface area contributed by atoms with Crippen LogP contribution in [0.5, 0.6) is 5.75 Å². The normalized spacial score (nSPS) is 9.88. The van der Waals surface area contributed by atoms with Gasteiger partial charge in [0.2, 0.25) is 0 Å². The SMILES string of the molecule is CN(C)C(=O)COc1cccc(CNc2ccc(C#N)cc2[N+](=O)[O-])c1. The summed E-state index contributed by atoms with van der Waals surface area (Å²) in [6.45, 7) is 0.260. The second-order valence-electron chi connectivity index (χ2n) is 5.68. The third kappa shape index (κ3) is 4.95. The smallest absolute Gasteiger partial charge is 0.293 e. The maximum atomic E-state index is 11.6. The predicted octanol–water partition coefficient (Wildman–Crippen LogP) is 2.55. The fourth-order valence-electron chi connectivity index (χ4n) is 2.12. The first kappa shape index (κ1) is 18.7. The maximum Gasteiger partial charge on any atom is 0.293 e. The number of nitro groups is 1. The van der Waals surface area contributed by atoms with Crippen LogP contribution in [0, 0.1) is 21.4 Å². The van der Waals surface area contributed by atoms with Crippen molar-refractivity contribution in [3.05, 3.63) is 63.7 Å². The van der Waals surface area contributed by atoms with E-state index in [2.05, 4.69) is 5.32 Å². The lowest BCUT2D eigenvalue weighted by molar-refractivity contribution is -0.384. The highest BCUT2D eigenvalue weighted by Gasteiger charge is 2.14. The third-order valence-electron chi connectivity index (χ3n) is 3.57. The summed E-state index contributed by atoms with van der Waals surface area (Å²) < 4.78 is 5.45. The van der Waals surface area contributed by atoms with Crippen molar-refractivity contribution in [1.29, 1.82) is 5.26 Å². The Hall–Kier alpha value is -3.60. The van der Waals surface area contributed by atoms with E-state index in [0.717, 1.165) is 5.56 Å². The number of nitro benzene ring substituents is 1. The first-order chi connectivity index (χ1) is 12.4. The van der Waals surface area contributed by atoms with Crippen LogP contribution < -0.4 is 10.1 Å². The second kappa shape index (κ2) is 8.48. The summed E-state index contributed by atoms with van der Waals surface area (Å²) in [5.74, 6) is 0.385. The Labute approximate surface area is 150 Å². The fraction of sp³-hybridized carbons (Fsp3) is 0.222. The molecule has 0 unspecified atom stereocenters. The van der Waals surface area contributed by atoms with Gasteiger partial charge in [-0.3, -0.25) is 14.9 Å². The first-order valence-corrected chi connectivity index (χ1v) is 7.75. The number of ether oxygens (including phenoxy) is 1. The molecule has 0 bridgehead atoms. The summed E-state index contributed by atoms with van der Waals surface area (Å²) in [6, 6.07) is 13.2. The van der Waals surface area contributed by atoms with Crippen molar-refractivity contribution in [2.45, 2.75) is 6.54 Å². The van der Waals surface area contributed by atoms with Gasteiger partial charge in [0.25, 0.3) is 11.6 Å². The fourth-order valence-corrected chi connectivity index (χ4v) is 2.12. The van der Waals surface area contributed by atoms with Crippen LogP contribution in [0.1, 0.15) is 11.1 Å². The molecule has 0 radical (unpaired) electrons. The zero-order valence-corrected chi connectivity index (χ0v) is 14.4. The van der Waals surface area contributed by atoms with Crippen molar-refractivity contribution < 1.29 is 14.5 Å². The van der Waals surface area contributed by atoms with Crippen LogP contribution in [0.4, 0.5) is 11.4 Å². The number of carbonyl (C=O) groups excluding carboxylic acids is 1.